The molecule has 0 aromatic heterocycles. The number of nitrogens with zero attached hydrogens (tertiary/aromatic N) is 3. The first-order valence-corrected chi connectivity index (χ1v) is 11.4. The SMILES string of the molecule is CN(C)c1ccc(N=Nc2ccc(S(=O)(=O)NC(Cc3ccc(O)cc3)C(=O)O)cc2)cc1. The topological polar surface area (TPSA) is 132 Å². The van der Waals surface area contributed by atoms with E-state index in [0.717, 1.165) is 5.69 Å². The molecule has 0 aliphatic rings. The Kier molecular flexibility index (Phi) is 7.41. The fourth-order valence-electron chi connectivity index (χ4n) is 2.93. The fraction of sp³-hybridized carbons (Fsp3) is 0.174. The lowest BCUT2D eigenvalue weighted by Crippen LogP contribution is -2.42. The molecule has 1 unspecified atom stereocenters. The number of nitrogens with one attached hydrogen (secondary N) is 1. The average Bonchev–Trinajstić information content (AvgIpc) is 2.79. The van der Waals surface area contributed by atoms with Gasteiger partial charge >= 0.3 is 5.97 Å². The van der Waals surface area contributed by atoms with Crippen LogP contribution in [0.2, 0.25) is 0 Å². The van der Waals surface area contributed by atoms with E-state index in [1.54, 1.807) is 0 Å². The van der Waals surface area contributed by atoms with Crippen LogP contribution in [0.3, 0.4) is 0 Å². The summed E-state index contributed by atoms with van der Waals surface area (Å²) in [5, 5.41) is 27.1. The molecule has 0 saturated heterocycles. The standard InChI is InChI=1S/C23H24N4O5S/c1-27(2)19-9-5-17(6-10-19)24-25-18-7-13-21(14-8-18)33(31,32)26-22(23(29)30)15-16-3-11-20(28)12-4-16/h3-14,22,26,28H,15H2,1-2H3,(H,29,30). The first kappa shape index (κ1) is 23.9. The van der Waals surface area contributed by atoms with Crippen molar-refractivity contribution >= 4 is 33.1 Å². The van der Waals surface area contributed by atoms with Gasteiger partial charge in [0.1, 0.15) is 11.8 Å². The Morgan fingerprint density at radius 2 is 1.42 bits per heavy atom. The number of benzene rings is 3. The van der Waals surface area contributed by atoms with Crippen LogP contribution >= 0.6 is 0 Å². The normalized spacial score (nSPS) is 12.5. The monoisotopic (exact) mass is 468 g/mol. The molecule has 0 amide bonds. The molecule has 3 aromatic carbocycles. The molecule has 3 rings (SSSR count). The first-order chi connectivity index (χ1) is 15.6. The highest BCUT2D eigenvalue weighted by atomic mass is 32.2. The summed E-state index contributed by atoms with van der Waals surface area (Å²) in [5.41, 5.74) is 2.69. The second kappa shape index (κ2) is 10.2. The number of phenols is 1. The Morgan fingerprint density at radius 3 is 1.91 bits per heavy atom. The lowest BCUT2D eigenvalue weighted by Gasteiger charge is -2.15. The molecule has 0 fully saturated rings. The number of rotatable bonds is 9. The zero-order chi connectivity index (χ0) is 24.0. The van der Waals surface area contributed by atoms with E-state index in [4.69, 9.17) is 0 Å². The van der Waals surface area contributed by atoms with Crippen molar-refractivity contribution in [3.63, 3.8) is 0 Å². The maximum atomic E-state index is 12.7. The van der Waals surface area contributed by atoms with E-state index in [-0.39, 0.29) is 17.1 Å². The van der Waals surface area contributed by atoms with Gasteiger partial charge in [0, 0.05) is 19.8 Å². The Bertz CT molecular complexity index is 1220. The minimum atomic E-state index is -4.09. The number of phenolic OH excluding ortho intramolecular Hbond substituents is 1. The number of sulfonamides is 1. The van der Waals surface area contributed by atoms with E-state index in [2.05, 4.69) is 15.0 Å². The molecule has 1 atom stereocenters. The van der Waals surface area contributed by atoms with E-state index in [0.29, 0.717) is 16.9 Å². The summed E-state index contributed by atoms with van der Waals surface area (Å²) in [6.07, 6.45) is -0.0756. The molecule has 0 spiro atoms. The number of carbonyl (C=O) groups is 1. The highest BCUT2D eigenvalue weighted by Gasteiger charge is 2.25. The van der Waals surface area contributed by atoms with E-state index in [9.17, 15) is 23.4 Å². The average molecular weight is 469 g/mol. The summed E-state index contributed by atoms with van der Waals surface area (Å²) < 4.78 is 27.6. The van der Waals surface area contributed by atoms with Gasteiger partial charge in [0.05, 0.1) is 16.3 Å². The smallest absolute Gasteiger partial charge is 0.322 e. The van der Waals surface area contributed by atoms with Gasteiger partial charge in [-0.1, -0.05) is 12.1 Å². The molecule has 10 heteroatoms. The third-order valence-corrected chi connectivity index (χ3v) is 6.25. The molecule has 9 nitrogen and oxygen atoms in total. The number of hydrogen-bond acceptors (Lipinski definition) is 7. The van der Waals surface area contributed by atoms with Crippen molar-refractivity contribution in [3.8, 4) is 5.75 Å². The lowest BCUT2D eigenvalue weighted by atomic mass is 10.1. The molecular weight excluding hydrogens is 444 g/mol. The summed E-state index contributed by atoms with van der Waals surface area (Å²) >= 11 is 0. The van der Waals surface area contributed by atoms with Crippen molar-refractivity contribution in [2.45, 2.75) is 17.4 Å². The number of aromatic hydroxyl groups is 1. The molecule has 3 aromatic rings. The zero-order valence-corrected chi connectivity index (χ0v) is 18.9. The second-order valence-electron chi connectivity index (χ2n) is 7.49. The maximum absolute atomic E-state index is 12.7. The maximum Gasteiger partial charge on any atom is 0.322 e. The Labute approximate surface area is 192 Å². The van der Waals surface area contributed by atoms with Crippen molar-refractivity contribution in [2.75, 3.05) is 19.0 Å². The Hall–Kier alpha value is -3.76. The number of hydrogen-bond donors (Lipinski definition) is 3. The van der Waals surface area contributed by atoms with Crippen molar-refractivity contribution in [1.29, 1.82) is 0 Å². The molecule has 0 aliphatic heterocycles. The van der Waals surface area contributed by atoms with Gasteiger partial charge in [-0.25, -0.2) is 8.42 Å². The molecule has 3 N–H and O–H groups in total. The van der Waals surface area contributed by atoms with Crippen molar-refractivity contribution in [3.05, 3.63) is 78.4 Å². The largest absolute Gasteiger partial charge is 0.508 e. The molecule has 0 heterocycles. The summed E-state index contributed by atoms with van der Waals surface area (Å²) in [6.45, 7) is 0. The quantitative estimate of drug-likeness (QED) is 0.409. The van der Waals surface area contributed by atoms with Crippen LogP contribution in [0.4, 0.5) is 17.1 Å². The van der Waals surface area contributed by atoms with Crippen LogP contribution in [-0.4, -0.2) is 44.7 Å². The van der Waals surface area contributed by atoms with Crippen LogP contribution in [0, 0.1) is 0 Å². The van der Waals surface area contributed by atoms with Gasteiger partial charge in [0.15, 0.2) is 0 Å². The van der Waals surface area contributed by atoms with Gasteiger partial charge < -0.3 is 15.1 Å². The van der Waals surface area contributed by atoms with E-state index in [1.807, 2.05) is 43.3 Å². The van der Waals surface area contributed by atoms with Crippen molar-refractivity contribution < 1.29 is 23.4 Å². The summed E-state index contributed by atoms with van der Waals surface area (Å²) in [4.78, 5) is 13.5. The number of azo groups is 1. The second-order valence-corrected chi connectivity index (χ2v) is 9.20. The van der Waals surface area contributed by atoms with Gasteiger partial charge in [0.2, 0.25) is 10.0 Å². The minimum absolute atomic E-state index is 0.0361. The Morgan fingerprint density at radius 1 is 0.909 bits per heavy atom. The van der Waals surface area contributed by atoms with Crippen molar-refractivity contribution in [2.24, 2.45) is 10.2 Å². The zero-order valence-electron chi connectivity index (χ0n) is 18.1. The first-order valence-electron chi connectivity index (χ1n) is 9.96. The molecule has 0 bridgehead atoms. The molecule has 172 valence electrons. The third-order valence-electron chi connectivity index (χ3n) is 4.77. The van der Waals surface area contributed by atoms with Gasteiger partial charge in [0.25, 0.3) is 0 Å². The van der Waals surface area contributed by atoms with Crippen LogP contribution in [-0.2, 0) is 21.2 Å². The highest BCUT2D eigenvalue weighted by molar-refractivity contribution is 7.89. The van der Waals surface area contributed by atoms with Gasteiger partial charge in [-0.15, -0.1) is 0 Å². The minimum Gasteiger partial charge on any atom is -0.508 e. The van der Waals surface area contributed by atoms with Gasteiger partial charge in [-0.3, -0.25) is 4.79 Å². The lowest BCUT2D eigenvalue weighted by molar-refractivity contribution is -0.138. The summed E-state index contributed by atoms with van der Waals surface area (Å²) in [6, 6.07) is 17.6. The molecule has 0 radical (unpaired) electrons. The predicted octanol–water partition coefficient (Wildman–Crippen LogP) is 3.85. The fourth-order valence-corrected chi connectivity index (χ4v) is 4.12. The van der Waals surface area contributed by atoms with E-state index in [1.165, 1.54) is 48.5 Å². The highest BCUT2D eigenvalue weighted by Crippen LogP contribution is 2.22. The third kappa shape index (κ3) is 6.61. The van der Waals surface area contributed by atoms with Crippen LogP contribution in [0.5, 0.6) is 5.75 Å². The number of anilines is 1. The molecular formula is C23H24N4O5S. The van der Waals surface area contributed by atoms with Crippen LogP contribution in [0.15, 0.2) is 87.9 Å². The molecule has 33 heavy (non-hydrogen) atoms. The van der Waals surface area contributed by atoms with Crippen molar-refractivity contribution in [1.82, 2.24) is 4.72 Å². The van der Waals surface area contributed by atoms with Crippen LogP contribution < -0.4 is 9.62 Å². The van der Waals surface area contributed by atoms with Crippen LogP contribution in [0.25, 0.3) is 0 Å². The van der Waals surface area contributed by atoms with Gasteiger partial charge in [-0.05, 0) is 72.6 Å². The predicted molar refractivity (Wildman–Crippen MR) is 125 cm³/mol. The summed E-state index contributed by atoms with van der Waals surface area (Å²) in [7, 11) is -0.212. The van der Waals surface area contributed by atoms with Gasteiger partial charge in [-0.2, -0.15) is 15.0 Å². The van der Waals surface area contributed by atoms with E-state index >= 15 is 0 Å². The number of aliphatic carboxylic acids is 1. The Balaban J connectivity index is 1.69. The number of carboxylic acid groups (broad SMARTS) is 1. The van der Waals surface area contributed by atoms with E-state index < -0.39 is 22.0 Å². The molecule has 0 saturated carbocycles. The number of carboxylic acids is 1. The summed E-state index contributed by atoms with van der Waals surface area (Å²) in [5.74, 6) is -1.27. The molecule has 0 aliphatic carbocycles. The van der Waals surface area contributed by atoms with Crippen LogP contribution in [0.1, 0.15) is 5.56 Å².